The molecule has 0 aliphatic heterocycles. The third kappa shape index (κ3) is 5.62. The molecule has 229 valence electrons. The number of hydrogen-bond acceptors (Lipinski definition) is 2. The molecule has 0 saturated heterocycles. The van der Waals surface area contributed by atoms with Crippen molar-refractivity contribution < 1.29 is 20.1 Å². The first-order valence-electron chi connectivity index (χ1n) is 15.0. The molecule has 0 fully saturated rings. The van der Waals surface area contributed by atoms with Crippen LogP contribution in [0.4, 0.5) is 0 Å². The maximum Gasteiger partial charge on any atom is 0.336 e. The van der Waals surface area contributed by atoms with Crippen molar-refractivity contribution in [1.29, 1.82) is 0 Å². The van der Waals surface area contributed by atoms with Crippen LogP contribution in [0.5, 0.6) is 0 Å². The van der Waals surface area contributed by atoms with Gasteiger partial charge in [0.15, 0.2) is 0 Å². The van der Waals surface area contributed by atoms with Crippen molar-refractivity contribution >= 4 is 32.8 Å². The summed E-state index contributed by atoms with van der Waals surface area (Å²) in [6.07, 6.45) is 1.90. The second-order valence-corrected chi connectivity index (χ2v) is 12.0. The Balaban J connectivity index is 0.000000158. The fourth-order valence-electron chi connectivity index (χ4n) is 5.82. The minimum Gasteiger partial charge on any atom is -0.319 e. The van der Waals surface area contributed by atoms with Gasteiger partial charge in [-0.25, -0.2) is 9.78 Å². The van der Waals surface area contributed by atoms with Crippen molar-refractivity contribution in [2.75, 3.05) is 0 Å². The zero-order valence-electron chi connectivity index (χ0n) is 25.8. The summed E-state index contributed by atoms with van der Waals surface area (Å²) in [7, 11) is 0. The molecule has 0 spiro atoms. The predicted octanol–water partition coefficient (Wildman–Crippen LogP) is 8.86. The molecule has 0 aliphatic rings. The Morgan fingerprint density at radius 1 is 0.609 bits per heavy atom. The van der Waals surface area contributed by atoms with Gasteiger partial charge in [0.1, 0.15) is 5.82 Å². The molecule has 3 heterocycles. The quantitative estimate of drug-likeness (QED) is 0.169. The zero-order valence-corrected chi connectivity index (χ0v) is 28.2. The third-order valence-electron chi connectivity index (χ3n) is 8.03. The Morgan fingerprint density at radius 2 is 1.24 bits per heavy atom. The Morgan fingerprint density at radius 3 is 1.96 bits per heavy atom. The molecule has 5 nitrogen and oxygen atoms in total. The minimum absolute atomic E-state index is 0. The Hall–Kier alpha value is -5.03. The van der Waals surface area contributed by atoms with Crippen molar-refractivity contribution in [3.8, 4) is 17.2 Å². The van der Waals surface area contributed by atoms with Crippen LogP contribution in [0.1, 0.15) is 26.3 Å². The molecule has 46 heavy (non-hydrogen) atoms. The SMILES string of the molecule is CC(C)(C)c1ccnc(-n2c3[c-]cccc3c3ccccc32)c1.O=c1n(-c2[c-]cccc2)c2ccccc2n1-c1ccccc1.[Ir]. The maximum atomic E-state index is 13.0. The summed E-state index contributed by atoms with van der Waals surface area (Å²) in [6, 6.07) is 50.4. The summed E-state index contributed by atoms with van der Waals surface area (Å²) in [5.74, 6) is 0.950. The fourth-order valence-corrected chi connectivity index (χ4v) is 5.82. The van der Waals surface area contributed by atoms with Crippen LogP contribution in [-0.4, -0.2) is 18.7 Å². The van der Waals surface area contributed by atoms with Crippen LogP contribution in [0.15, 0.2) is 144 Å². The second-order valence-electron chi connectivity index (χ2n) is 12.0. The smallest absolute Gasteiger partial charge is 0.319 e. The van der Waals surface area contributed by atoms with Gasteiger partial charge in [0.05, 0.1) is 16.7 Å². The van der Waals surface area contributed by atoms with E-state index < -0.39 is 0 Å². The summed E-state index contributed by atoms with van der Waals surface area (Å²) < 4.78 is 5.64. The van der Waals surface area contributed by atoms with Gasteiger partial charge in [-0.15, -0.1) is 11.5 Å². The number of rotatable bonds is 3. The molecule has 0 amide bonds. The largest absolute Gasteiger partial charge is 0.336 e. The van der Waals surface area contributed by atoms with E-state index in [1.165, 1.54) is 21.9 Å². The average Bonchev–Trinajstić information content (AvgIpc) is 3.57. The first-order chi connectivity index (χ1) is 21.9. The Kier molecular flexibility index (Phi) is 8.59. The van der Waals surface area contributed by atoms with E-state index in [9.17, 15) is 4.79 Å². The normalized spacial score (nSPS) is 11.3. The van der Waals surface area contributed by atoms with Crippen molar-refractivity contribution in [2.45, 2.75) is 26.2 Å². The molecule has 8 aromatic rings. The van der Waals surface area contributed by atoms with E-state index in [0.29, 0.717) is 0 Å². The first kappa shape index (κ1) is 31.0. The maximum absolute atomic E-state index is 13.0. The van der Waals surface area contributed by atoms with Crippen LogP contribution in [0.2, 0.25) is 0 Å². The molecule has 0 saturated carbocycles. The molecular formula is C40H32IrN4O-2. The van der Waals surface area contributed by atoms with Gasteiger partial charge >= 0.3 is 5.69 Å². The molecule has 6 heteroatoms. The number of aromatic nitrogens is 4. The number of nitrogens with zero attached hydrogens (tertiary/aromatic N) is 4. The van der Waals surface area contributed by atoms with E-state index in [0.717, 1.165) is 33.7 Å². The number of benzene rings is 5. The van der Waals surface area contributed by atoms with Gasteiger partial charge in [-0.1, -0.05) is 80.5 Å². The predicted molar refractivity (Wildman–Crippen MR) is 184 cm³/mol. The topological polar surface area (TPSA) is 44.8 Å². The van der Waals surface area contributed by atoms with E-state index >= 15 is 0 Å². The third-order valence-corrected chi connectivity index (χ3v) is 8.03. The summed E-state index contributed by atoms with van der Waals surface area (Å²) in [4.78, 5) is 17.6. The molecule has 8 rings (SSSR count). The van der Waals surface area contributed by atoms with Crippen molar-refractivity contribution in [2.24, 2.45) is 0 Å². The van der Waals surface area contributed by atoms with Crippen molar-refractivity contribution in [1.82, 2.24) is 18.7 Å². The van der Waals surface area contributed by atoms with Crippen molar-refractivity contribution in [3.05, 3.63) is 168 Å². The van der Waals surface area contributed by atoms with Gasteiger partial charge in [-0.2, -0.15) is 48.5 Å². The van der Waals surface area contributed by atoms with Crippen LogP contribution < -0.4 is 5.69 Å². The van der Waals surface area contributed by atoms with E-state index in [2.05, 4.69) is 84.9 Å². The number of fused-ring (bicyclic) bond motifs is 4. The zero-order chi connectivity index (χ0) is 31.0. The number of imidazole rings is 1. The Bertz CT molecular complexity index is 2190. The van der Waals surface area contributed by atoms with Gasteiger partial charge < -0.3 is 4.57 Å². The van der Waals surface area contributed by atoms with Gasteiger partial charge in [0.2, 0.25) is 0 Å². The van der Waals surface area contributed by atoms with Crippen LogP contribution in [-0.2, 0) is 25.5 Å². The number of para-hydroxylation sites is 6. The van der Waals surface area contributed by atoms with Crippen LogP contribution in [0.3, 0.4) is 0 Å². The standard InChI is InChI=1S/C21H19N2.C19H13N2O.Ir/c1-21(2,3)15-12-13-22-20(14-15)23-18-10-6-4-8-16(18)17-9-5-7-11-19(17)23;22-19-20(15-9-3-1-4-10-15)17-13-7-8-14-18(17)21(19)16-11-5-2-6-12-16;/h4-10,12-14H,1-3H3;1-11,13-14H;/q2*-1;. The van der Waals surface area contributed by atoms with E-state index in [-0.39, 0.29) is 31.2 Å². The molecular weight excluding hydrogens is 745 g/mol. The molecule has 0 aliphatic carbocycles. The van der Waals surface area contributed by atoms with Crippen LogP contribution in [0, 0.1) is 12.1 Å². The molecule has 0 unspecified atom stereocenters. The van der Waals surface area contributed by atoms with E-state index in [4.69, 9.17) is 0 Å². The average molecular weight is 777 g/mol. The summed E-state index contributed by atoms with van der Waals surface area (Å²) in [6.45, 7) is 6.68. The van der Waals surface area contributed by atoms with E-state index in [1.807, 2.05) is 97.2 Å². The number of pyridine rings is 1. The molecule has 0 atom stereocenters. The number of hydrogen-bond donors (Lipinski definition) is 0. The van der Waals surface area contributed by atoms with E-state index in [1.54, 1.807) is 9.13 Å². The van der Waals surface area contributed by atoms with Gasteiger partial charge in [0.25, 0.3) is 0 Å². The molecule has 1 radical (unpaired) electrons. The first-order valence-corrected chi connectivity index (χ1v) is 15.0. The Labute approximate surface area is 281 Å². The van der Waals surface area contributed by atoms with Crippen molar-refractivity contribution in [3.63, 3.8) is 0 Å². The van der Waals surface area contributed by atoms with Gasteiger partial charge in [0, 0.05) is 31.8 Å². The fraction of sp³-hybridized carbons (Fsp3) is 0.100. The molecule has 0 N–H and O–H groups in total. The second kappa shape index (κ2) is 12.8. The molecule has 3 aromatic heterocycles. The van der Waals surface area contributed by atoms with Gasteiger partial charge in [-0.3, -0.25) is 9.13 Å². The monoisotopic (exact) mass is 777 g/mol. The van der Waals surface area contributed by atoms with Crippen LogP contribution in [0.25, 0.3) is 50.0 Å². The molecule has 5 aromatic carbocycles. The minimum atomic E-state index is -0.0881. The summed E-state index contributed by atoms with van der Waals surface area (Å²) in [5.41, 5.74) is 6.90. The van der Waals surface area contributed by atoms with Crippen LogP contribution >= 0.6 is 0 Å². The summed E-state index contributed by atoms with van der Waals surface area (Å²) >= 11 is 0. The summed E-state index contributed by atoms with van der Waals surface area (Å²) in [5, 5.41) is 2.45. The molecule has 0 bridgehead atoms. The van der Waals surface area contributed by atoms with Gasteiger partial charge in [-0.05, 0) is 58.8 Å².